The molecule has 1 aliphatic heterocycles. The SMILES string of the molecule is CCCc1ncc2c(n1)CCN(Cc1c(C)nc3c(C)cccn13)C2. The molecule has 5 heteroatoms. The Morgan fingerprint density at radius 1 is 1.20 bits per heavy atom. The summed E-state index contributed by atoms with van der Waals surface area (Å²) >= 11 is 0. The summed E-state index contributed by atoms with van der Waals surface area (Å²) in [5.41, 5.74) is 7.20. The summed E-state index contributed by atoms with van der Waals surface area (Å²) in [4.78, 5) is 16.5. The number of imidazole rings is 1. The number of aryl methyl sites for hydroxylation is 3. The predicted molar refractivity (Wildman–Crippen MR) is 98.5 cm³/mol. The number of aromatic nitrogens is 4. The minimum Gasteiger partial charge on any atom is -0.302 e. The molecule has 3 aromatic heterocycles. The first-order chi connectivity index (χ1) is 12.2. The van der Waals surface area contributed by atoms with E-state index in [1.807, 2.05) is 6.20 Å². The second kappa shape index (κ2) is 6.56. The zero-order chi connectivity index (χ0) is 17.4. The van der Waals surface area contributed by atoms with Crippen LogP contribution in [0, 0.1) is 13.8 Å². The Balaban J connectivity index is 1.57. The van der Waals surface area contributed by atoms with Gasteiger partial charge in [-0.3, -0.25) is 4.90 Å². The van der Waals surface area contributed by atoms with Crippen LogP contribution in [0.1, 0.15) is 47.4 Å². The second-order valence-electron chi connectivity index (χ2n) is 7.00. The van der Waals surface area contributed by atoms with Crippen molar-refractivity contribution in [3.05, 3.63) is 58.6 Å². The molecule has 0 atom stereocenters. The third kappa shape index (κ3) is 3.04. The first-order valence-electron chi connectivity index (χ1n) is 9.15. The van der Waals surface area contributed by atoms with Crippen molar-refractivity contribution in [2.75, 3.05) is 6.54 Å². The van der Waals surface area contributed by atoms with Gasteiger partial charge >= 0.3 is 0 Å². The maximum absolute atomic E-state index is 4.77. The lowest BCUT2D eigenvalue weighted by atomic mass is 10.1. The van der Waals surface area contributed by atoms with Gasteiger partial charge in [-0.25, -0.2) is 15.0 Å². The van der Waals surface area contributed by atoms with Gasteiger partial charge in [0.2, 0.25) is 0 Å². The number of fused-ring (bicyclic) bond motifs is 2. The molecule has 0 fully saturated rings. The molecule has 4 rings (SSSR count). The van der Waals surface area contributed by atoms with Gasteiger partial charge in [-0.2, -0.15) is 0 Å². The third-order valence-corrected chi connectivity index (χ3v) is 5.05. The summed E-state index contributed by atoms with van der Waals surface area (Å²) in [5.74, 6) is 0.989. The van der Waals surface area contributed by atoms with Crippen LogP contribution in [0.15, 0.2) is 24.5 Å². The van der Waals surface area contributed by atoms with Crippen LogP contribution in [-0.4, -0.2) is 30.8 Å². The summed E-state index contributed by atoms with van der Waals surface area (Å²) in [6, 6.07) is 4.22. The zero-order valence-electron chi connectivity index (χ0n) is 15.3. The van der Waals surface area contributed by atoms with Crippen molar-refractivity contribution in [2.24, 2.45) is 0 Å². The quantitative estimate of drug-likeness (QED) is 0.734. The van der Waals surface area contributed by atoms with Crippen LogP contribution in [0.25, 0.3) is 5.65 Å². The van der Waals surface area contributed by atoms with Gasteiger partial charge in [-0.15, -0.1) is 0 Å². The topological polar surface area (TPSA) is 46.3 Å². The summed E-state index contributed by atoms with van der Waals surface area (Å²) in [7, 11) is 0. The number of pyridine rings is 1. The first-order valence-corrected chi connectivity index (χ1v) is 9.15. The molecule has 5 nitrogen and oxygen atoms in total. The standard InChI is InChI=1S/C20H25N5/c1-4-6-19-21-11-16-12-24(10-8-17(16)23-19)13-18-15(3)22-20-14(2)7-5-9-25(18)20/h5,7,9,11H,4,6,8,10,12-13H2,1-3H3. The molecule has 0 N–H and O–H groups in total. The second-order valence-corrected chi connectivity index (χ2v) is 7.00. The highest BCUT2D eigenvalue weighted by Crippen LogP contribution is 2.22. The molecule has 0 amide bonds. The maximum atomic E-state index is 4.77. The van der Waals surface area contributed by atoms with Crippen LogP contribution < -0.4 is 0 Å². The largest absolute Gasteiger partial charge is 0.302 e. The number of hydrogen-bond donors (Lipinski definition) is 0. The van der Waals surface area contributed by atoms with Gasteiger partial charge in [0.05, 0.1) is 11.4 Å². The molecule has 1 aliphatic rings. The highest BCUT2D eigenvalue weighted by molar-refractivity contribution is 5.50. The highest BCUT2D eigenvalue weighted by Gasteiger charge is 2.21. The molecule has 0 aliphatic carbocycles. The van der Waals surface area contributed by atoms with Crippen molar-refractivity contribution in [1.29, 1.82) is 0 Å². The van der Waals surface area contributed by atoms with Crippen molar-refractivity contribution < 1.29 is 0 Å². The van der Waals surface area contributed by atoms with Crippen molar-refractivity contribution in [1.82, 2.24) is 24.3 Å². The Bertz CT molecular complexity index is 912. The van der Waals surface area contributed by atoms with Crippen molar-refractivity contribution in [3.63, 3.8) is 0 Å². The Labute approximate surface area is 148 Å². The average molecular weight is 335 g/mol. The van der Waals surface area contributed by atoms with Crippen LogP contribution in [0.4, 0.5) is 0 Å². The van der Waals surface area contributed by atoms with Gasteiger partial charge < -0.3 is 4.40 Å². The van der Waals surface area contributed by atoms with E-state index in [0.29, 0.717) is 0 Å². The summed E-state index contributed by atoms with van der Waals surface area (Å²) in [6.45, 7) is 9.26. The number of rotatable bonds is 4. The minimum atomic E-state index is 0.909. The number of nitrogens with zero attached hydrogens (tertiary/aromatic N) is 5. The molecule has 0 saturated heterocycles. The third-order valence-electron chi connectivity index (χ3n) is 5.05. The molecule has 130 valence electrons. The van der Waals surface area contributed by atoms with E-state index in [1.54, 1.807) is 0 Å². The molecule has 0 radical (unpaired) electrons. The molecule has 0 unspecified atom stereocenters. The zero-order valence-corrected chi connectivity index (χ0v) is 15.3. The van der Waals surface area contributed by atoms with Gasteiger partial charge in [0.25, 0.3) is 0 Å². The van der Waals surface area contributed by atoms with E-state index in [-0.39, 0.29) is 0 Å². The number of hydrogen-bond acceptors (Lipinski definition) is 4. The summed E-state index contributed by atoms with van der Waals surface area (Å²) in [6.07, 6.45) is 7.22. The van der Waals surface area contributed by atoms with Gasteiger partial charge in [-0.1, -0.05) is 13.0 Å². The maximum Gasteiger partial charge on any atom is 0.140 e. The van der Waals surface area contributed by atoms with Gasteiger partial charge in [0.1, 0.15) is 11.5 Å². The fourth-order valence-corrected chi connectivity index (χ4v) is 3.66. The summed E-state index contributed by atoms with van der Waals surface area (Å²) in [5, 5.41) is 0. The normalized spacial score (nSPS) is 14.8. The van der Waals surface area contributed by atoms with E-state index in [1.165, 1.54) is 22.5 Å². The summed E-state index contributed by atoms with van der Waals surface area (Å²) < 4.78 is 2.24. The van der Waals surface area contributed by atoms with Crippen molar-refractivity contribution in [2.45, 2.75) is 53.1 Å². The minimum absolute atomic E-state index is 0.909. The predicted octanol–water partition coefficient (Wildman–Crippen LogP) is 3.25. The van der Waals surface area contributed by atoms with E-state index in [9.17, 15) is 0 Å². The lowest BCUT2D eigenvalue weighted by Crippen LogP contribution is -2.31. The van der Waals surface area contributed by atoms with E-state index >= 15 is 0 Å². The Morgan fingerprint density at radius 2 is 2.08 bits per heavy atom. The molecular weight excluding hydrogens is 310 g/mol. The molecule has 4 heterocycles. The molecule has 25 heavy (non-hydrogen) atoms. The average Bonchev–Trinajstić information content (AvgIpc) is 2.93. The molecule has 0 bridgehead atoms. The van der Waals surface area contributed by atoms with Gasteiger partial charge in [0, 0.05) is 56.1 Å². The fraction of sp³-hybridized carbons (Fsp3) is 0.450. The first kappa shape index (κ1) is 16.2. The van der Waals surface area contributed by atoms with E-state index in [2.05, 4.69) is 53.4 Å². The van der Waals surface area contributed by atoms with Crippen LogP contribution >= 0.6 is 0 Å². The molecular formula is C20H25N5. The fourth-order valence-electron chi connectivity index (χ4n) is 3.66. The molecule has 0 saturated carbocycles. The lowest BCUT2D eigenvalue weighted by Gasteiger charge is -2.28. The molecule has 0 spiro atoms. The Kier molecular flexibility index (Phi) is 4.25. The Morgan fingerprint density at radius 3 is 2.92 bits per heavy atom. The van der Waals surface area contributed by atoms with E-state index in [0.717, 1.165) is 56.1 Å². The van der Waals surface area contributed by atoms with Crippen molar-refractivity contribution in [3.8, 4) is 0 Å². The van der Waals surface area contributed by atoms with Crippen molar-refractivity contribution >= 4 is 5.65 Å². The van der Waals surface area contributed by atoms with E-state index < -0.39 is 0 Å². The molecule has 0 aromatic carbocycles. The monoisotopic (exact) mass is 335 g/mol. The van der Waals surface area contributed by atoms with Crippen LogP contribution in [-0.2, 0) is 25.9 Å². The van der Waals surface area contributed by atoms with Crippen LogP contribution in [0.3, 0.4) is 0 Å². The van der Waals surface area contributed by atoms with Gasteiger partial charge in [-0.05, 0) is 31.9 Å². The smallest absolute Gasteiger partial charge is 0.140 e. The highest BCUT2D eigenvalue weighted by atomic mass is 15.2. The van der Waals surface area contributed by atoms with Gasteiger partial charge in [0.15, 0.2) is 0 Å². The Hall–Kier alpha value is -2.27. The van der Waals surface area contributed by atoms with E-state index in [4.69, 9.17) is 9.97 Å². The van der Waals surface area contributed by atoms with Crippen LogP contribution in [0.5, 0.6) is 0 Å². The van der Waals surface area contributed by atoms with Crippen LogP contribution in [0.2, 0.25) is 0 Å². The molecule has 3 aromatic rings. The lowest BCUT2D eigenvalue weighted by molar-refractivity contribution is 0.238.